The van der Waals surface area contributed by atoms with Gasteiger partial charge in [-0.2, -0.15) is 0 Å². The Morgan fingerprint density at radius 2 is 2.22 bits per heavy atom. The van der Waals surface area contributed by atoms with Crippen LogP contribution in [0.15, 0.2) is 23.1 Å². The topological polar surface area (TPSA) is 58.2 Å². The van der Waals surface area contributed by atoms with Crippen molar-refractivity contribution in [3.8, 4) is 0 Å². The number of halogens is 1. The second kappa shape index (κ2) is 5.34. The summed E-state index contributed by atoms with van der Waals surface area (Å²) < 4.78 is 40.1. The molecule has 0 aliphatic carbocycles. The van der Waals surface area contributed by atoms with E-state index in [-0.39, 0.29) is 10.9 Å². The van der Waals surface area contributed by atoms with E-state index < -0.39 is 15.8 Å². The quantitative estimate of drug-likeness (QED) is 0.868. The molecular formula is C12H17FN2O2S. The Bertz CT molecular complexity index is 525. The number of rotatable bonds is 3. The van der Waals surface area contributed by atoms with Gasteiger partial charge in [-0.15, -0.1) is 0 Å². The lowest BCUT2D eigenvalue weighted by Crippen LogP contribution is -2.45. The number of aryl methyl sites for hydroxylation is 1. The molecule has 0 unspecified atom stereocenters. The largest absolute Gasteiger partial charge is 0.315 e. The molecule has 0 bridgehead atoms. The summed E-state index contributed by atoms with van der Waals surface area (Å²) in [5, 5.41) is 3.13. The molecule has 18 heavy (non-hydrogen) atoms. The molecule has 2 N–H and O–H groups in total. The lowest BCUT2D eigenvalue weighted by atomic mass is 10.1. The van der Waals surface area contributed by atoms with Gasteiger partial charge in [-0.1, -0.05) is 6.07 Å². The zero-order chi connectivity index (χ0) is 13.2. The van der Waals surface area contributed by atoms with Crippen LogP contribution in [0, 0.1) is 12.7 Å². The van der Waals surface area contributed by atoms with E-state index in [0.29, 0.717) is 12.1 Å². The van der Waals surface area contributed by atoms with Crippen LogP contribution in [-0.4, -0.2) is 27.5 Å². The molecule has 1 atom stereocenters. The van der Waals surface area contributed by atoms with Crippen LogP contribution in [0.4, 0.5) is 4.39 Å². The van der Waals surface area contributed by atoms with E-state index in [1.165, 1.54) is 12.1 Å². The highest BCUT2D eigenvalue weighted by molar-refractivity contribution is 7.89. The molecule has 1 aliphatic heterocycles. The first kappa shape index (κ1) is 13.5. The van der Waals surface area contributed by atoms with E-state index in [4.69, 9.17) is 0 Å². The summed E-state index contributed by atoms with van der Waals surface area (Å²) >= 11 is 0. The fraction of sp³-hybridized carbons (Fsp3) is 0.500. The van der Waals surface area contributed by atoms with Crippen molar-refractivity contribution in [2.75, 3.05) is 13.1 Å². The Balaban J connectivity index is 2.16. The fourth-order valence-corrected chi connectivity index (χ4v) is 3.26. The number of hydrogen-bond donors (Lipinski definition) is 2. The normalized spacial score (nSPS) is 20.9. The average molecular weight is 272 g/mol. The SMILES string of the molecule is Cc1ccc(S(=O)(=O)N[C@@H]2CCCNC2)cc1F. The third-order valence-corrected chi connectivity index (χ3v) is 4.59. The summed E-state index contributed by atoms with van der Waals surface area (Å²) in [6.45, 7) is 3.13. The molecule has 0 radical (unpaired) electrons. The molecule has 1 fully saturated rings. The van der Waals surface area contributed by atoms with E-state index in [1.54, 1.807) is 6.92 Å². The highest BCUT2D eigenvalue weighted by Gasteiger charge is 2.22. The summed E-state index contributed by atoms with van der Waals surface area (Å²) in [6.07, 6.45) is 1.75. The van der Waals surface area contributed by atoms with Gasteiger partial charge in [-0.25, -0.2) is 17.5 Å². The Kier molecular flexibility index (Phi) is 3.99. The minimum Gasteiger partial charge on any atom is -0.315 e. The molecule has 2 rings (SSSR count). The summed E-state index contributed by atoms with van der Waals surface area (Å²) in [5.41, 5.74) is 0.438. The third-order valence-electron chi connectivity index (χ3n) is 3.07. The van der Waals surface area contributed by atoms with Gasteiger partial charge in [-0.05, 0) is 44.0 Å². The van der Waals surface area contributed by atoms with Crippen LogP contribution >= 0.6 is 0 Å². The molecule has 1 aromatic carbocycles. The van der Waals surface area contributed by atoms with E-state index in [1.807, 2.05) is 0 Å². The summed E-state index contributed by atoms with van der Waals surface area (Å²) in [5.74, 6) is -0.500. The number of sulfonamides is 1. The molecule has 100 valence electrons. The van der Waals surface area contributed by atoms with Crippen molar-refractivity contribution in [3.63, 3.8) is 0 Å². The zero-order valence-corrected chi connectivity index (χ0v) is 11.1. The number of hydrogen-bond acceptors (Lipinski definition) is 3. The van der Waals surface area contributed by atoms with Crippen molar-refractivity contribution in [3.05, 3.63) is 29.6 Å². The van der Waals surface area contributed by atoms with Gasteiger partial charge in [0.1, 0.15) is 5.82 Å². The minimum atomic E-state index is -3.63. The lowest BCUT2D eigenvalue weighted by Gasteiger charge is -2.23. The first-order valence-electron chi connectivity index (χ1n) is 5.98. The molecule has 1 aliphatic rings. The van der Waals surface area contributed by atoms with Gasteiger partial charge in [-0.3, -0.25) is 0 Å². The van der Waals surface area contributed by atoms with E-state index >= 15 is 0 Å². The predicted octanol–water partition coefficient (Wildman–Crippen LogP) is 1.16. The third kappa shape index (κ3) is 3.07. The maximum Gasteiger partial charge on any atom is 0.240 e. The van der Waals surface area contributed by atoms with Gasteiger partial charge in [0.05, 0.1) is 4.90 Å². The summed E-state index contributed by atoms with van der Waals surface area (Å²) in [4.78, 5) is -0.0174. The van der Waals surface area contributed by atoms with Crippen LogP contribution in [0.5, 0.6) is 0 Å². The molecule has 1 saturated heterocycles. The first-order valence-corrected chi connectivity index (χ1v) is 7.46. The van der Waals surface area contributed by atoms with Crippen molar-refractivity contribution in [1.29, 1.82) is 0 Å². The molecule has 0 aromatic heterocycles. The summed E-state index contributed by atoms with van der Waals surface area (Å²) in [7, 11) is -3.63. The fourth-order valence-electron chi connectivity index (χ4n) is 1.98. The summed E-state index contributed by atoms with van der Waals surface area (Å²) in [6, 6.07) is 3.85. The monoisotopic (exact) mass is 272 g/mol. The number of piperidine rings is 1. The molecule has 1 aromatic rings. The van der Waals surface area contributed by atoms with E-state index in [2.05, 4.69) is 10.0 Å². The van der Waals surface area contributed by atoms with Crippen LogP contribution < -0.4 is 10.0 Å². The average Bonchev–Trinajstić information content (AvgIpc) is 2.33. The van der Waals surface area contributed by atoms with Gasteiger partial charge in [0.25, 0.3) is 0 Å². The predicted molar refractivity (Wildman–Crippen MR) is 67.4 cm³/mol. The Hall–Kier alpha value is -0.980. The molecule has 0 amide bonds. The molecule has 1 heterocycles. The van der Waals surface area contributed by atoms with Gasteiger partial charge >= 0.3 is 0 Å². The first-order chi connectivity index (χ1) is 8.49. The van der Waals surface area contributed by atoms with Crippen molar-refractivity contribution >= 4 is 10.0 Å². The van der Waals surface area contributed by atoms with Crippen LogP contribution in [-0.2, 0) is 10.0 Å². The Morgan fingerprint density at radius 3 is 2.83 bits per heavy atom. The van der Waals surface area contributed by atoms with Crippen LogP contribution in [0.25, 0.3) is 0 Å². The van der Waals surface area contributed by atoms with Crippen LogP contribution in [0.2, 0.25) is 0 Å². The van der Waals surface area contributed by atoms with Crippen LogP contribution in [0.1, 0.15) is 18.4 Å². The van der Waals surface area contributed by atoms with Gasteiger partial charge < -0.3 is 5.32 Å². The second-order valence-corrected chi connectivity index (χ2v) is 6.29. The maximum absolute atomic E-state index is 13.4. The van der Waals surface area contributed by atoms with Crippen molar-refractivity contribution in [1.82, 2.24) is 10.0 Å². The molecule has 6 heteroatoms. The minimum absolute atomic E-state index is 0.0174. The van der Waals surface area contributed by atoms with Gasteiger partial charge in [0.2, 0.25) is 10.0 Å². The zero-order valence-electron chi connectivity index (χ0n) is 10.2. The molecule has 0 saturated carbocycles. The lowest BCUT2D eigenvalue weighted by molar-refractivity contribution is 0.428. The smallest absolute Gasteiger partial charge is 0.240 e. The standard InChI is InChI=1S/C12H17FN2O2S/c1-9-4-5-11(7-12(9)13)18(16,17)15-10-3-2-6-14-8-10/h4-5,7,10,14-15H,2-3,6,8H2,1H3/t10-/m1/s1. The number of benzene rings is 1. The van der Waals surface area contributed by atoms with Crippen molar-refractivity contribution < 1.29 is 12.8 Å². The van der Waals surface area contributed by atoms with Crippen molar-refractivity contribution in [2.45, 2.75) is 30.7 Å². The van der Waals surface area contributed by atoms with Gasteiger partial charge in [0.15, 0.2) is 0 Å². The Labute approximate surface area is 107 Å². The number of nitrogens with one attached hydrogen (secondary N) is 2. The molecule has 4 nitrogen and oxygen atoms in total. The highest BCUT2D eigenvalue weighted by atomic mass is 32.2. The van der Waals surface area contributed by atoms with Crippen molar-refractivity contribution in [2.24, 2.45) is 0 Å². The second-order valence-electron chi connectivity index (χ2n) is 4.58. The molecule has 0 spiro atoms. The molecular weight excluding hydrogens is 255 g/mol. The maximum atomic E-state index is 13.4. The van der Waals surface area contributed by atoms with Crippen LogP contribution in [0.3, 0.4) is 0 Å². The van der Waals surface area contributed by atoms with E-state index in [9.17, 15) is 12.8 Å². The highest BCUT2D eigenvalue weighted by Crippen LogP contribution is 2.15. The van der Waals surface area contributed by atoms with E-state index in [0.717, 1.165) is 25.5 Å². The Morgan fingerprint density at radius 1 is 1.44 bits per heavy atom. The van der Waals surface area contributed by atoms with Gasteiger partial charge in [0, 0.05) is 12.6 Å².